The fourth-order valence-corrected chi connectivity index (χ4v) is 3.01. The highest BCUT2D eigenvalue weighted by Crippen LogP contribution is 2.37. The second-order valence-electron chi connectivity index (χ2n) is 6.98. The molecule has 2 atom stereocenters. The van der Waals surface area contributed by atoms with Crippen LogP contribution in [0.15, 0.2) is 43.0 Å². The molecule has 0 fully saturated rings. The topological polar surface area (TPSA) is 35.5 Å². The summed E-state index contributed by atoms with van der Waals surface area (Å²) in [6, 6.07) is 9.80. The smallest absolute Gasteiger partial charge is 0.193 e. The lowest BCUT2D eigenvalue weighted by atomic mass is 10.2. The Kier molecular flexibility index (Phi) is 6.72. The Hall–Kier alpha value is -1.23. The predicted molar refractivity (Wildman–Crippen MR) is 93.4 cm³/mol. The SMILES string of the molecule is C=C[C@H](O[Si](C)(C)C(C)(C)C)[C@H](C=O)OCc1ccccc1. The molecule has 0 amide bonds. The highest BCUT2D eigenvalue weighted by Gasteiger charge is 2.40. The first-order valence-electron chi connectivity index (χ1n) is 7.62. The van der Waals surface area contributed by atoms with E-state index in [1.165, 1.54) is 0 Å². The number of carbonyl (C=O) groups is 1. The molecule has 0 aliphatic rings. The van der Waals surface area contributed by atoms with Crippen LogP contribution in [0.25, 0.3) is 0 Å². The van der Waals surface area contributed by atoms with Gasteiger partial charge in [0.05, 0.1) is 12.7 Å². The quantitative estimate of drug-likeness (QED) is 0.406. The summed E-state index contributed by atoms with van der Waals surface area (Å²) in [5.74, 6) is 0. The molecule has 0 heterocycles. The minimum Gasteiger partial charge on any atom is -0.407 e. The zero-order chi connectivity index (χ0) is 16.8. The molecule has 122 valence electrons. The van der Waals surface area contributed by atoms with Gasteiger partial charge in [0.2, 0.25) is 0 Å². The molecule has 1 aromatic carbocycles. The fourth-order valence-electron chi connectivity index (χ4n) is 1.74. The summed E-state index contributed by atoms with van der Waals surface area (Å²) in [7, 11) is -1.99. The number of hydrogen-bond acceptors (Lipinski definition) is 3. The van der Waals surface area contributed by atoms with Crippen LogP contribution in [0.1, 0.15) is 26.3 Å². The van der Waals surface area contributed by atoms with Gasteiger partial charge < -0.3 is 14.0 Å². The van der Waals surface area contributed by atoms with Crippen molar-refractivity contribution in [3.8, 4) is 0 Å². The van der Waals surface area contributed by atoms with Crippen LogP contribution in [0.3, 0.4) is 0 Å². The maximum Gasteiger partial charge on any atom is 0.193 e. The first-order chi connectivity index (χ1) is 10.2. The minimum atomic E-state index is -1.99. The van der Waals surface area contributed by atoms with Gasteiger partial charge >= 0.3 is 0 Å². The van der Waals surface area contributed by atoms with E-state index in [1.807, 2.05) is 30.3 Å². The lowest BCUT2D eigenvalue weighted by Crippen LogP contribution is -2.47. The van der Waals surface area contributed by atoms with Crippen molar-refractivity contribution in [2.75, 3.05) is 0 Å². The van der Waals surface area contributed by atoms with E-state index in [1.54, 1.807) is 6.08 Å². The summed E-state index contributed by atoms with van der Waals surface area (Å²) in [4.78, 5) is 11.4. The number of benzene rings is 1. The first-order valence-corrected chi connectivity index (χ1v) is 10.5. The third-order valence-electron chi connectivity index (χ3n) is 4.21. The van der Waals surface area contributed by atoms with Crippen LogP contribution in [-0.4, -0.2) is 26.8 Å². The van der Waals surface area contributed by atoms with Gasteiger partial charge in [-0.2, -0.15) is 0 Å². The average molecular weight is 321 g/mol. The molecule has 0 saturated carbocycles. The standard InChI is InChI=1S/C18H28O3Si/c1-7-16(21-22(5,6)18(2,3)4)17(13-19)20-14-15-11-9-8-10-12-15/h7-13,16-17H,1,14H2,2-6H3/t16-,17-/m0/s1. The Balaban J connectivity index is 2.74. The molecule has 0 aliphatic carbocycles. The Morgan fingerprint density at radius 3 is 2.23 bits per heavy atom. The first kappa shape index (κ1) is 18.8. The van der Waals surface area contributed by atoms with E-state index < -0.39 is 20.5 Å². The van der Waals surface area contributed by atoms with Crippen LogP contribution in [0.2, 0.25) is 18.1 Å². The largest absolute Gasteiger partial charge is 0.407 e. The van der Waals surface area contributed by atoms with E-state index in [4.69, 9.17) is 9.16 Å². The maximum atomic E-state index is 11.4. The van der Waals surface area contributed by atoms with Crippen LogP contribution in [-0.2, 0) is 20.6 Å². The summed E-state index contributed by atoms with van der Waals surface area (Å²) >= 11 is 0. The molecule has 0 unspecified atom stereocenters. The van der Waals surface area contributed by atoms with Gasteiger partial charge in [-0.15, -0.1) is 6.58 Å². The summed E-state index contributed by atoms with van der Waals surface area (Å²) in [6.07, 6.45) is 1.43. The van der Waals surface area contributed by atoms with E-state index in [-0.39, 0.29) is 5.04 Å². The van der Waals surface area contributed by atoms with Crippen LogP contribution in [0.4, 0.5) is 0 Å². The molecular formula is C18H28O3Si. The van der Waals surface area contributed by atoms with Crippen molar-refractivity contribution in [3.63, 3.8) is 0 Å². The van der Waals surface area contributed by atoms with Crippen LogP contribution < -0.4 is 0 Å². The second kappa shape index (κ2) is 7.86. The molecule has 0 bridgehead atoms. The minimum absolute atomic E-state index is 0.0706. The van der Waals surface area contributed by atoms with Crippen molar-refractivity contribution >= 4 is 14.6 Å². The number of rotatable bonds is 8. The van der Waals surface area contributed by atoms with Crippen LogP contribution >= 0.6 is 0 Å². The van der Waals surface area contributed by atoms with E-state index in [9.17, 15) is 4.79 Å². The summed E-state index contributed by atoms with van der Waals surface area (Å²) in [6.45, 7) is 15.0. The Morgan fingerprint density at radius 1 is 1.18 bits per heavy atom. The average Bonchev–Trinajstić information content (AvgIpc) is 2.46. The molecule has 22 heavy (non-hydrogen) atoms. The molecule has 1 aromatic rings. The molecule has 4 heteroatoms. The fraction of sp³-hybridized carbons (Fsp3) is 0.500. The van der Waals surface area contributed by atoms with Crippen LogP contribution in [0, 0.1) is 0 Å². The maximum absolute atomic E-state index is 11.4. The lowest BCUT2D eigenvalue weighted by Gasteiger charge is -2.39. The van der Waals surface area contributed by atoms with Crippen LogP contribution in [0.5, 0.6) is 0 Å². The predicted octanol–water partition coefficient (Wildman–Crippen LogP) is 4.35. The van der Waals surface area contributed by atoms with Gasteiger partial charge in [-0.25, -0.2) is 0 Å². The normalized spacial score (nSPS) is 15.1. The number of aldehydes is 1. The van der Waals surface area contributed by atoms with E-state index in [0.29, 0.717) is 6.61 Å². The van der Waals surface area contributed by atoms with E-state index in [0.717, 1.165) is 11.8 Å². The molecule has 0 N–H and O–H groups in total. The van der Waals surface area contributed by atoms with E-state index >= 15 is 0 Å². The zero-order valence-corrected chi connectivity index (χ0v) is 15.3. The van der Waals surface area contributed by atoms with Gasteiger partial charge in [0.15, 0.2) is 14.6 Å². The Labute approximate surface area is 135 Å². The van der Waals surface area contributed by atoms with Gasteiger partial charge in [0.1, 0.15) is 6.10 Å². The number of ether oxygens (including phenoxy) is 1. The Bertz CT molecular complexity index is 477. The number of carbonyl (C=O) groups excluding carboxylic acids is 1. The third kappa shape index (κ3) is 5.20. The summed E-state index contributed by atoms with van der Waals surface area (Å²) in [5, 5.41) is 0.0706. The van der Waals surface area contributed by atoms with Gasteiger partial charge in [0.25, 0.3) is 0 Å². The van der Waals surface area contributed by atoms with Gasteiger partial charge in [0, 0.05) is 0 Å². The lowest BCUT2D eigenvalue weighted by molar-refractivity contribution is -0.123. The van der Waals surface area contributed by atoms with Gasteiger partial charge in [-0.05, 0) is 23.7 Å². The summed E-state index contributed by atoms with van der Waals surface area (Å²) in [5.41, 5.74) is 1.03. The summed E-state index contributed by atoms with van der Waals surface area (Å²) < 4.78 is 12.0. The van der Waals surface area contributed by atoms with E-state index in [2.05, 4.69) is 40.4 Å². The van der Waals surface area contributed by atoms with Crippen molar-refractivity contribution in [1.82, 2.24) is 0 Å². The highest BCUT2D eigenvalue weighted by atomic mass is 28.4. The van der Waals surface area contributed by atoms with Crippen molar-refractivity contribution in [3.05, 3.63) is 48.6 Å². The third-order valence-corrected chi connectivity index (χ3v) is 8.69. The zero-order valence-electron chi connectivity index (χ0n) is 14.3. The van der Waals surface area contributed by atoms with Crippen molar-refractivity contribution < 1.29 is 14.0 Å². The molecular weight excluding hydrogens is 292 g/mol. The molecule has 0 aromatic heterocycles. The van der Waals surface area contributed by atoms with Crippen molar-refractivity contribution in [2.24, 2.45) is 0 Å². The second-order valence-corrected chi connectivity index (χ2v) is 11.7. The van der Waals surface area contributed by atoms with Crippen molar-refractivity contribution in [1.29, 1.82) is 0 Å². The number of hydrogen-bond donors (Lipinski definition) is 0. The molecule has 1 rings (SSSR count). The van der Waals surface area contributed by atoms with Gasteiger partial charge in [-0.1, -0.05) is 57.2 Å². The van der Waals surface area contributed by atoms with Crippen molar-refractivity contribution in [2.45, 2.75) is 57.7 Å². The van der Waals surface area contributed by atoms with Gasteiger partial charge in [-0.3, -0.25) is 0 Å². The molecule has 0 radical (unpaired) electrons. The molecule has 0 saturated heterocycles. The molecule has 0 spiro atoms. The molecule has 0 aliphatic heterocycles. The Morgan fingerprint density at radius 2 is 1.77 bits per heavy atom. The monoisotopic (exact) mass is 320 g/mol. The molecule has 3 nitrogen and oxygen atoms in total. The highest BCUT2D eigenvalue weighted by molar-refractivity contribution is 6.74.